The third-order valence-electron chi connectivity index (χ3n) is 1.60. The van der Waals surface area contributed by atoms with Gasteiger partial charge in [-0.05, 0) is 25.6 Å². The van der Waals surface area contributed by atoms with Crippen LogP contribution in [0, 0.1) is 12.3 Å². The van der Waals surface area contributed by atoms with Gasteiger partial charge >= 0.3 is 0 Å². The highest BCUT2D eigenvalue weighted by Crippen LogP contribution is 1.97. The number of nitrogens with zero attached hydrogens (tertiary/aromatic N) is 2. The molecule has 0 aliphatic heterocycles. The van der Waals surface area contributed by atoms with Crippen molar-refractivity contribution in [2.24, 2.45) is 0 Å². The fourth-order valence-corrected chi connectivity index (χ4v) is 0.985. The average molecular weight is 163 g/mol. The summed E-state index contributed by atoms with van der Waals surface area (Å²) in [7, 11) is 1.94. The van der Waals surface area contributed by atoms with E-state index in [1.165, 1.54) is 5.56 Å². The topological polar surface area (TPSA) is 29.9 Å². The van der Waals surface area contributed by atoms with Crippen molar-refractivity contribution in [3.63, 3.8) is 0 Å². The van der Waals surface area contributed by atoms with Crippen LogP contribution in [0.15, 0.2) is 12.4 Å². The van der Waals surface area contributed by atoms with Gasteiger partial charge in [-0.3, -0.25) is 4.68 Å². The van der Waals surface area contributed by atoms with Gasteiger partial charge in [-0.1, -0.05) is 5.92 Å². The van der Waals surface area contributed by atoms with E-state index >= 15 is 0 Å². The number of terminal acetylenes is 1. The summed E-state index contributed by atoms with van der Waals surface area (Å²) in [5.74, 6) is 2.54. The molecule has 0 unspecified atom stereocenters. The van der Waals surface area contributed by atoms with Gasteiger partial charge in [0.1, 0.15) is 6.54 Å². The maximum Gasteiger partial charge on any atom is 0.101 e. The van der Waals surface area contributed by atoms with E-state index in [2.05, 4.69) is 16.3 Å². The van der Waals surface area contributed by atoms with Crippen molar-refractivity contribution in [3.8, 4) is 12.3 Å². The lowest BCUT2D eigenvalue weighted by Crippen LogP contribution is -2.09. The van der Waals surface area contributed by atoms with E-state index in [9.17, 15) is 0 Å². The molecule has 0 aliphatic rings. The fourth-order valence-electron chi connectivity index (χ4n) is 0.985. The summed E-state index contributed by atoms with van der Waals surface area (Å²) in [5.41, 5.74) is 1.22. The Balaban J connectivity index is 2.48. The summed E-state index contributed by atoms with van der Waals surface area (Å²) in [6.07, 6.45) is 9.99. The van der Waals surface area contributed by atoms with Crippen molar-refractivity contribution >= 4 is 0 Å². The molecule has 64 valence electrons. The minimum Gasteiger partial charge on any atom is -0.319 e. The van der Waals surface area contributed by atoms with Crippen LogP contribution in [-0.2, 0) is 13.0 Å². The molecule has 1 N–H and O–H groups in total. The van der Waals surface area contributed by atoms with Crippen molar-refractivity contribution in [2.45, 2.75) is 13.0 Å². The van der Waals surface area contributed by atoms with E-state index in [0.717, 1.165) is 13.0 Å². The van der Waals surface area contributed by atoms with Crippen LogP contribution in [0.3, 0.4) is 0 Å². The molecular weight excluding hydrogens is 150 g/mol. The van der Waals surface area contributed by atoms with Gasteiger partial charge in [0.25, 0.3) is 0 Å². The van der Waals surface area contributed by atoms with Crippen LogP contribution in [-0.4, -0.2) is 23.4 Å². The highest BCUT2D eigenvalue weighted by Gasteiger charge is 1.95. The Morgan fingerprint density at radius 2 is 2.58 bits per heavy atom. The highest BCUT2D eigenvalue weighted by molar-refractivity contribution is 5.05. The average Bonchev–Trinajstić information content (AvgIpc) is 2.50. The van der Waals surface area contributed by atoms with Crippen molar-refractivity contribution < 1.29 is 0 Å². The van der Waals surface area contributed by atoms with E-state index in [-0.39, 0.29) is 0 Å². The summed E-state index contributed by atoms with van der Waals surface area (Å²) < 4.78 is 1.77. The molecule has 3 heteroatoms. The van der Waals surface area contributed by atoms with Gasteiger partial charge in [0.05, 0.1) is 6.20 Å². The molecule has 1 rings (SSSR count). The zero-order valence-corrected chi connectivity index (χ0v) is 7.25. The lowest BCUT2D eigenvalue weighted by molar-refractivity contribution is 0.714. The third-order valence-corrected chi connectivity index (χ3v) is 1.60. The molecule has 0 saturated carbocycles. The molecule has 0 radical (unpaired) electrons. The molecule has 1 aromatic heterocycles. The third kappa shape index (κ3) is 2.40. The van der Waals surface area contributed by atoms with Crippen LogP contribution >= 0.6 is 0 Å². The number of aromatic nitrogens is 2. The number of likely N-dealkylation sites (N-methyl/N-ethyl adjacent to an activating group) is 1. The second-order valence-corrected chi connectivity index (χ2v) is 2.60. The van der Waals surface area contributed by atoms with Crippen molar-refractivity contribution in [2.75, 3.05) is 13.6 Å². The summed E-state index contributed by atoms with van der Waals surface area (Å²) in [6.45, 7) is 1.53. The molecule has 1 aromatic rings. The smallest absolute Gasteiger partial charge is 0.101 e. The first-order chi connectivity index (χ1) is 5.86. The van der Waals surface area contributed by atoms with Crippen LogP contribution in [0.5, 0.6) is 0 Å². The Morgan fingerprint density at radius 3 is 3.25 bits per heavy atom. The molecule has 1 heterocycles. The van der Waals surface area contributed by atoms with E-state index < -0.39 is 0 Å². The second kappa shape index (κ2) is 4.58. The summed E-state index contributed by atoms with van der Waals surface area (Å²) in [5, 5.41) is 7.19. The molecule has 0 spiro atoms. The molecule has 0 amide bonds. The number of rotatable bonds is 4. The van der Waals surface area contributed by atoms with Crippen molar-refractivity contribution in [3.05, 3.63) is 18.0 Å². The first-order valence-corrected chi connectivity index (χ1v) is 3.96. The van der Waals surface area contributed by atoms with Gasteiger partial charge < -0.3 is 5.32 Å². The van der Waals surface area contributed by atoms with Crippen LogP contribution < -0.4 is 5.32 Å². The summed E-state index contributed by atoms with van der Waals surface area (Å²) >= 11 is 0. The lowest BCUT2D eigenvalue weighted by atomic mass is 10.2. The maximum atomic E-state index is 5.15. The molecule has 3 nitrogen and oxygen atoms in total. The molecule has 0 aliphatic carbocycles. The quantitative estimate of drug-likeness (QED) is 0.646. The predicted octanol–water partition coefficient (Wildman–Crippen LogP) is 0.278. The van der Waals surface area contributed by atoms with Gasteiger partial charge in [-0.2, -0.15) is 5.10 Å². The van der Waals surface area contributed by atoms with Crippen molar-refractivity contribution in [1.82, 2.24) is 15.1 Å². The molecule has 0 bridgehead atoms. The summed E-state index contributed by atoms with van der Waals surface area (Å²) in [6, 6.07) is 0. The molecule has 12 heavy (non-hydrogen) atoms. The lowest BCUT2D eigenvalue weighted by Gasteiger charge is -1.94. The zero-order valence-electron chi connectivity index (χ0n) is 7.25. The van der Waals surface area contributed by atoms with Gasteiger partial charge in [0.2, 0.25) is 0 Å². The highest BCUT2D eigenvalue weighted by atomic mass is 15.3. The Kier molecular flexibility index (Phi) is 3.36. The van der Waals surface area contributed by atoms with Crippen LogP contribution in [0.4, 0.5) is 0 Å². The molecule has 0 saturated heterocycles. The van der Waals surface area contributed by atoms with Gasteiger partial charge in [-0.25, -0.2) is 0 Å². The fraction of sp³-hybridized carbons (Fsp3) is 0.444. The number of nitrogens with one attached hydrogen (secondary N) is 1. The monoisotopic (exact) mass is 163 g/mol. The van der Waals surface area contributed by atoms with Gasteiger partial charge in [0, 0.05) is 6.20 Å². The van der Waals surface area contributed by atoms with Crippen LogP contribution in [0.2, 0.25) is 0 Å². The van der Waals surface area contributed by atoms with Gasteiger partial charge in [-0.15, -0.1) is 6.42 Å². The normalized spacial score (nSPS) is 9.67. The van der Waals surface area contributed by atoms with E-state index in [1.54, 1.807) is 4.68 Å². The number of hydrogen-bond donors (Lipinski definition) is 1. The molecule has 0 fully saturated rings. The maximum absolute atomic E-state index is 5.15. The Bertz CT molecular complexity index is 270. The Hall–Kier alpha value is -1.27. The van der Waals surface area contributed by atoms with E-state index in [1.807, 2.05) is 19.4 Å². The molecule has 0 atom stereocenters. The Labute approximate surface area is 72.8 Å². The molecular formula is C9H13N3. The standard InChI is InChI=1S/C9H13N3/c1-3-6-12-8-9(7-11-12)4-5-10-2/h1,7-8,10H,4-6H2,2H3. The van der Waals surface area contributed by atoms with E-state index in [0.29, 0.717) is 6.54 Å². The first kappa shape index (κ1) is 8.82. The van der Waals surface area contributed by atoms with Crippen molar-refractivity contribution in [1.29, 1.82) is 0 Å². The largest absolute Gasteiger partial charge is 0.319 e. The second-order valence-electron chi connectivity index (χ2n) is 2.60. The van der Waals surface area contributed by atoms with Crippen LogP contribution in [0.25, 0.3) is 0 Å². The van der Waals surface area contributed by atoms with E-state index in [4.69, 9.17) is 6.42 Å². The Morgan fingerprint density at radius 1 is 1.75 bits per heavy atom. The predicted molar refractivity (Wildman–Crippen MR) is 48.7 cm³/mol. The zero-order chi connectivity index (χ0) is 8.81. The molecule has 0 aromatic carbocycles. The van der Waals surface area contributed by atoms with Crippen LogP contribution in [0.1, 0.15) is 5.56 Å². The first-order valence-electron chi connectivity index (χ1n) is 3.96. The minimum atomic E-state index is 0.555. The number of hydrogen-bond acceptors (Lipinski definition) is 2. The minimum absolute atomic E-state index is 0.555. The summed E-state index contributed by atoms with van der Waals surface area (Å²) in [4.78, 5) is 0. The van der Waals surface area contributed by atoms with Gasteiger partial charge in [0.15, 0.2) is 0 Å². The SMILES string of the molecule is C#CCn1cc(CCNC)cn1.